The third kappa shape index (κ3) is 16.9. The van der Waals surface area contributed by atoms with Crippen LogP contribution in [0.4, 0.5) is 17.8 Å². The number of piperazine rings is 2. The van der Waals surface area contributed by atoms with Crippen LogP contribution in [-0.2, 0) is 43.2 Å². The van der Waals surface area contributed by atoms with Gasteiger partial charge in [0.25, 0.3) is 0 Å². The highest BCUT2D eigenvalue weighted by molar-refractivity contribution is 5.80. The van der Waals surface area contributed by atoms with E-state index in [0.29, 0.717) is 141 Å². The Kier molecular flexibility index (Phi) is 22.1. The van der Waals surface area contributed by atoms with Crippen LogP contribution in [0.5, 0.6) is 0 Å². The highest BCUT2D eigenvalue weighted by Gasteiger charge is 2.31. The SMILES string of the molecule is C#CCOCCOCCOCCNc1nc(N2CCN(C(=O)Cn3cc(CCC[NH+]=C(N)N)nn3)CC2)nc(N2CCN(C(=O)[C@H](CCCC[NH3+])n3cc(CC(C)O)nn3)CC2)n1.[Cl-]. The van der Waals surface area contributed by atoms with Crippen molar-refractivity contribution in [1.82, 2.24) is 54.7 Å². The van der Waals surface area contributed by atoms with Gasteiger partial charge >= 0.3 is 5.96 Å². The molecule has 25 heteroatoms. The fourth-order valence-corrected chi connectivity index (χ4v) is 7.03. The standard InChI is InChI=1S/C39H64N18O6.ClH/c1-3-20-61-22-24-63-25-23-62-21-11-44-37-45-38(54-16-12-52(13-17-54)34(59)29-56-27-31(48-50-56)7-6-10-43-36(41)42)47-39(46-37)55-18-14-53(15-19-55)35(60)33(8-4-5-9-40)57-28-32(49-51-57)26-30(2)58;/h1,27-28,30,33,58H,4-26,29,40H2,2H3,(H4,41,42,43)(H,44,45,46,47);1H/p+1/t30?,33-;/m0./s1. The van der Waals surface area contributed by atoms with Gasteiger partial charge < -0.3 is 62.4 Å². The number of terminal acetylenes is 1. The highest BCUT2D eigenvalue weighted by Crippen LogP contribution is 2.23. The minimum Gasteiger partial charge on any atom is -1.00 e. The van der Waals surface area contributed by atoms with Gasteiger partial charge in [0.2, 0.25) is 29.7 Å². The average Bonchev–Trinajstić information content (AvgIpc) is 3.94. The summed E-state index contributed by atoms with van der Waals surface area (Å²) in [7, 11) is 0. The first kappa shape index (κ1) is 51.2. The number of aliphatic hydroxyl groups excluding tert-OH is 1. The van der Waals surface area contributed by atoms with Crippen molar-refractivity contribution >= 4 is 35.6 Å². The van der Waals surface area contributed by atoms with Crippen LogP contribution >= 0.6 is 0 Å². The molecule has 2 saturated heterocycles. The summed E-state index contributed by atoms with van der Waals surface area (Å²) in [4.78, 5) is 52.5. The number of nitrogens with two attached hydrogens (primary N) is 2. The van der Waals surface area contributed by atoms with Crippen LogP contribution in [0, 0.1) is 12.3 Å². The Bertz CT molecular complexity index is 1910. The molecule has 0 saturated carbocycles. The molecule has 0 aliphatic carbocycles. The number of guanidine groups is 1. The summed E-state index contributed by atoms with van der Waals surface area (Å²) >= 11 is 0. The van der Waals surface area contributed by atoms with E-state index in [2.05, 4.69) is 52.4 Å². The number of aromatic nitrogens is 9. The molecule has 2 atom stereocenters. The maximum absolute atomic E-state index is 14.0. The summed E-state index contributed by atoms with van der Waals surface area (Å²) in [5.41, 5.74) is 16.3. The number of aliphatic hydroxyl groups is 1. The second kappa shape index (κ2) is 27.7. The molecule has 2 amide bonds. The lowest BCUT2D eigenvalue weighted by Gasteiger charge is -2.37. The van der Waals surface area contributed by atoms with Crippen LogP contribution < -0.4 is 49.7 Å². The number of carbonyl (C=O) groups is 2. The zero-order valence-electron chi connectivity index (χ0n) is 36.9. The number of aryl methyl sites for hydroxylation is 1. The van der Waals surface area contributed by atoms with Crippen molar-refractivity contribution < 1.29 is 52.0 Å². The van der Waals surface area contributed by atoms with E-state index in [1.54, 1.807) is 28.7 Å². The number of carbonyl (C=O) groups excluding carboxylic acids is 2. The molecular weight excluding hydrogens is 852 g/mol. The van der Waals surface area contributed by atoms with Gasteiger partial charge in [-0.15, -0.1) is 16.6 Å². The number of anilines is 3. The molecule has 10 N–H and O–H groups in total. The molecule has 64 heavy (non-hydrogen) atoms. The molecule has 3 aromatic rings. The number of amides is 2. The number of halogens is 1. The molecule has 0 aromatic carbocycles. The van der Waals surface area contributed by atoms with Crippen LogP contribution in [0.25, 0.3) is 0 Å². The molecule has 5 heterocycles. The summed E-state index contributed by atoms with van der Waals surface area (Å²) in [5.74, 6) is 3.89. The first-order valence-electron chi connectivity index (χ1n) is 21.7. The van der Waals surface area contributed by atoms with E-state index < -0.39 is 12.1 Å². The normalized spacial score (nSPS) is 15.0. The smallest absolute Gasteiger partial charge is 0.338 e. The lowest BCUT2D eigenvalue weighted by molar-refractivity contribution is -0.459. The van der Waals surface area contributed by atoms with Crippen molar-refractivity contribution in [3.05, 3.63) is 23.8 Å². The Labute approximate surface area is 380 Å². The second-order valence-corrected chi connectivity index (χ2v) is 15.3. The van der Waals surface area contributed by atoms with E-state index >= 15 is 0 Å². The largest absolute Gasteiger partial charge is 1.00 e. The maximum Gasteiger partial charge on any atom is 0.338 e. The fourth-order valence-electron chi connectivity index (χ4n) is 7.03. The van der Waals surface area contributed by atoms with Gasteiger partial charge in [0.1, 0.15) is 19.2 Å². The summed E-state index contributed by atoms with van der Waals surface area (Å²) in [6.07, 6.45) is 12.3. The molecule has 1 unspecified atom stereocenters. The molecule has 2 aliphatic rings. The molecule has 354 valence electrons. The van der Waals surface area contributed by atoms with E-state index in [4.69, 9.17) is 47.1 Å². The first-order chi connectivity index (χ1) is 30.6. The van der Waals surface area contributed by atoms with Crippen molar-refractivity contribution in [1.29, 1.82) is 0 Å². The van der Waals surface area contributed by atoms with Crippen LogP contribution in [0.1, 0.15) is 50.0 Å². The van der Waals surface area contributed by atoms with E-state index in [0.717, 1.165) is 31.5 Å². The minimum absolute atomic E-state index is 0. The zero-order valence-corrected chi connectivity index (χ0v) is 37.7. The molecule has 2 aliphatic heterocycles. The number of rotatable bonds is 27. The van der Waals surface area contributed by atoms with Crippen molar-refractivity contribution in [3.8, 4) is 12.3 Å². The Balaban J connectivity index is 0.00000898. The summed E-state index contributed by atoms with van der Waals surface area (Å²) in [6.45, 7) is 9.88. The van der Waals surface area contributed by atoms with Gasteiger partial charge in [-0.2, -0.15) is 15.0 Å². The lowest BCUT2D eigenvalue weighted by Crippen LogP contribution is -3.00. The highest BCUT2D eigenvalue weighted by atomic mass is 35.5. The van der Waals surface area contributed by atoms with Crippen molar-refractivity contribution in [2.24, 2.45) is 11.5 Å². The van der Waals surface area contributed by atoms with Crippen molar-refractivity contribution in [2.45, 2.75) is 64.1 Å². The Morgan fingerprint density at radius 2 is 1.52 bits per heavy atom. The van der Waals surface area contributed by atoms with E-state index in [9.17, 15) is 14.7 Å². The van der Waals surface area contributed by atoms with Crippen LogP contribution in [0.15, 0.2) is 12.4 Å². The van der Waals surface area contributed by atoms with Gasteiger partial charge in [0, 0.05) is 77.7 Å². The van der Waals surface area contributed by atoms with Crippen LogP contribution in [-0.4, -0.2) is 195 Å². The number of hydrogen-bond acceptors (Lipinski definition) is 16. The van der Waals surface area contributed by atoms with Crippen LogP contribution in [0.3, 0.4) is 0 Å². The number of nitrogens with one attached hydrogen (secondary N) is 2. The van der Waals surface area contributed by atoms with Gasteiger partial charge in [0.15, 0.2) is 0 Å². The lowest BCUT2D eigenvalue weighted by atomic mass is 10.1. The van der Waals surface area contributed by atoms with Gasteiger partial charge in [-0.25, -0.2) is 9.36 Å². The van der Waals surface area contributed by atoms with E-state index in [1.165, 1.54) is 0 Å². The summed E-state index contributed by atoms with van der Waals surface area (Å²) in [5, 5.41) is 30.0. The second-order valence-electron chi connectivity index (χ2n) is 15.3. The van der Waals surface area contributed by atoms with Gasteiger partial charge in [0.05, 0.1) is 63.6 Å². The Hall–Kier alpha value is -5.45. The topological polar surface area (TPSA) is 301 Å². The minimum atomic E-state index is -0.564. The maximum atomic E-state index is 14.0. The number of quaternary nitrogens is 1. The number of nitrogens with zero attached hydrogens (tertiary/aromatic N) is 13. The fraction of sp³-hybridized carbons (Fsp3) is 0.692. The zero-order chi connectivity index (χ0) is 44.8. The molecule has 5 rings (SSSR count). The predicted octanol–water partition coefficient (Wildman–Crippen LogP) is -7.99. The third-order valence-electron chi connectivity index (χ3n) is 10.3. The first-order valence-corrected chi connectivity index (χ1v) is 21.7. The monoisotopic (exact) mass is 918 g/mol. The van der Waals surface area contributed by atoms with E-state index in [1.807, 2.05) is 9.80 Å². The number of hydrogen-bond donors (Lipinski definition) is 6. The molecule has 0 radical (unpaired) electrons. The number of unbranched alkanes of at least 4 members (excludes halogenated alkanes) is 1. The third-order valence-corrected chi connectivity index (χ3v) is 10.3. The van der Waals surface area contributed by atoms with Gasteiger partial charge in [-0.1, -0.05) is 16.3 Å². The Morgan fingerprint density at radius 3 is 2.16 bits per heavy atom. The molecule has 0 bridgehead atoms. The predicted molar refractivity (Wildman–Crippen MR) is 231 cm³/mol. The van der Waals surface area contributed by atoms with E-state index in [-0.39, 0.29) is 43.3 Å². The average molecular weight is 919 g/mol. The van der Waals surface area contributed by atoms with Crippen molar-refractivity contribution in [2.75, 3.05) is 127 Å². The van der Waals surface area contributed by atoms with Gasteiger partial charge in [-0.05, 0) is 39.0 Å². The summed E-state index contributed by atoms with van der Waals surface area (Å²) in [6, 6.07) is -0.507. The molecule has 2 fully saturated rings. The molecule has 3 aromatic heterocycles. The van der Waals surface area contributed by atoms with Gasteiger partial charge in [-0.3, -0.25) is 26.0 Å². The summed E-state index contributed by atoms with van der Waals surface area (Å²) < 4.78 is 19.7. The quantitative estimate of drug-likeness (QED) is 0.0179. The Morgan fingerprint density at radius 1 is 0.875 bits per heavy atom. The van der Waals surface area contributed by atoms with Crippen molar-refractivity contribution in [3.63, 3.8) is 0 Å². The van der Waals surface area contributed by atoms with Crippen LogP contribution in [0.2, 0.25) is 0 Å². The molecular formula is C39H66ClN18O6+. The molecule has 24 nitrogen and oxygen atoms in total. The molecule has 0 spiro atoms. The number of ether oxygens (including phenoxy) is 3.